The van der Waals surface area contributed by atoms with Crippen LogP contribution in [-0.4, -0.2) is 55.0 Å². The summed E-state index contributed by atoms with van der Waals surface area (Å²) in [6.07, 6.45) is 5.59. The summed E-state index contributed by atoms with van der Waals surface area (Å²) in [6, 6.07) is 5.84. The molecule has 1 N–H and O–H groups in total. The summed E-state index contributed by atoms with van der Waals surface area (Å²) < 4.78 is 26.8. The Morgan fingerprint density at radius 3 is 2.32 bits per heavy atom. The summed E-state index contributed by atoms with van der Waals surface area (Å²) in [4.78, 5) is 28.4. The first-order valence-corrected chi connectivity index (χ1v) is 12.9. The Morgan fingerprint density at radius 1 is 1.13 bits per heavy atom. The van der Waals surface area contributed by atoms with Crippen LogP contribution >= 0.6 is 0 Å². The number of rotatable bonds is 6. The van der Waals surface area contributed by atoms with Gasteiger partial charge >= 0.3 is 0 Å². The van der Waals surface area contributed by atoms with Crippen LogP contribution in [0.1, 0.15) is 63.5 Å². The third-order valence-corrected chi connectivity index (χ3v) is 8.26. The summed E-state index contributed by atoms with van der Waals surface area (Å²) in [5.41, 5.74) is 1.28. The van der Waals surface area contributed by atoms with Crippen molar-refractivity contribution in [2.45, 2.75) is 77.8 Å². The van der Waals surface area contributed by atoms with Crippen molar-refractivity contribution in [2.75, 3.05) is 23.7 Å². The molecule has 2 fully saturated rings. The molecule has 1 aromatic rings. The van der Waals surface area contributed by atoms with Gasteiger partial charge in [0.15, 0.2) is 0 Å². The molecule has 8 heteroatoms. The quantitative estimate of drug-likeness (QED) is 0.723. The van der Waals surface area contributed by atoms with Crippen LogP contribution in [0.15, 0.2) is 18.2 Å². The molecule has 2 amide bonds. The molecule has 0 aromatic heterocycles. The van der Waals surface area contributed by atoms with E-state index in [0.29, 0.717) is 12.1 Å². The molecule has 2 aliphatic rings. The van der Waals surface area contributed by atoms with Gasteiger partial charge in [-0.2, -0.15) is 4.31 Å². The Kier molecular flexibility index (Phi) is 7.11. The van der Waals surface area contributed by atoms with E-state index in [0.717, 1.165) is 36.8 Å². The van der Waals surface area contributed by atoms with Crippen molar-refractivity contribution < 1.29 is 18.0 Å². The van der Waals surface area contributed by atoms with Crippen LogP contribution in [0, 0.1) is 13.8 Å². The first-order chi connectivity index (χ1) is 14.6. The average molecular weight is 450 g/mol. The van der Waals surface area contributed by atoms with Crippen LogP contribution in [0.5, 0.6) is 0 Å². The zero-order chi connectivity index (χ0) is 22.8. The largest absolute Gasteiger partial charge is 0.351 e. The van der Waals surface area contributed by atoms with E-state index in [4.69, 9.17) is 0 Å². The van der Waals surface area contributed by atoms with Crippen LogP contribution in [0.4, 0.5) is 5.69 Å². The van der Waals surface area contributed by atoms with Crippen LogP contribution in [0.25, 0.3) is 0 Å². The number of nitrogens with zero attached hydrogens (tertiary/aromatic N) is 2. The molecule has 1 saturated heterocycles. The number of hydrogen-bond acceptors (Lipinski definition) is 4. The van der Waals surface area contributed by atoms with E-state index in [1.165, 1.54) is 15.6 Å². The highest BCUT2D eigenvalue weighted by Gasteiger charge is 2.51. The molecule has 7 nitrogen and oxygen atoms in total. The molecule has 1 atom stereocenters. The number of piperazine rings is 1. The number of anilines is 1. The van der Waals surface area contributed by atoms with Gasteiger partial charge < -0.3 is 5.32 Å². The highest BCUT2D eigenvalue weighted by molar-refractivity contribution is 7.89. The highest BCUT2D eigenvalue weighted by Crippen LogP contribution is 2.33. The zero-order valence-electron chi connectivity index (χ0n) is 19.1. The molecule has 3 rings (SSSR count). The van der Waals surface area contributed by atoms with Gasteiger partial charge in [-0.05, 0) is 63.3 Å². The Bertz CT molecular complexity index is 920. The predicted octanol–water partition coefficient (Wildman–Crippen LogP) is 2.90. The van der Waals surface area contributed by atoms with Gasteiger partial charge in [0.2, 0.25) is 21.8 Å². The molecule has 1 saturated carbocycles. The van der Waals surface area contributed by atoms with Crippen LogP contribution < -0.4 is 10.2 Å². The van der Waals surface area contributed by atoms with E-state index in [9.17, 15) is 18.0 Å². The SMILES string of the molecule is CCCS(=O)(=O)N1CC(=O)N(c2cc(C)cc(C)c2)[C@](C)(C(=O)NC2CCCCC2)C1. The summed E-state index contributed by atoms with van der Waals surface area (Å²) in [6.45, 7) is 7.08. The maximum absolute atomic E-state index is 13.6. The fourth-order valence-electron chi connectivity index (χ4n) is 4.82. The van der Waals surface area contributed by atoms with E-state index in [1.54, 1.807) is 13.8 Å². The number of benzene rings is 1. The minimum atomic E-state index is -3.62. The van der Waals surface area contributed by atoms with E-state index in [1.807, 2.05) is 32.0 Å². The lowest BCUT2D eigenvalue weighted by atomic mass is 9.91. The molecule has 31 heavy (non-hydrogen) atoms. The number of aryl methyl sites for hydroxylation is 2. The van der Waals surface area contributed by atoms with E-state index < -0.39 is 15.6 Å². The second kappa shape index (κ2) is 9.28. The normalized spacial score (nSPS) is 23.7. The van der Waals surface area contributed by atoms with Gasteiger partial charge in [0, 0.05) is 18.3 Å². The average Bonchev–Trinajstić information content (AvgIpc) is 2.67. The van der Waals surface area contributed by atoms with Crippen LogP contribution in [-0.2, 0) is 19.6 Å². The number of hydrogen-bond donors (Lipinski definition) is 1. The highest BCUT2D eigenvalue weighted by atomic mass is 32.2. The van der Waals surface area contributed by atoms with Crippen molar-refractivity contribution in [1.82, 2.24) is 9.62 Å². The van der Waals surface area contributed by atoms with Gasteiger partial charge in [0.05, 0.1) is 12.3 Å². The van der Waals surface area contributed by atoms with Crippen LogP contribution in [0.2, 0.25) is 0 Å². The molecule has 0 spiro atoms. The number of carbonyl (C=O) groups excluding carboxylic acids is 2. The zero-order valence-corrected chi connectivity index (χ0v) is 19.9. The molecule has 1 heterocycles. The van der Waals surface area contributed by atoms with Gasteiger partial charge in [0.25, 0.3) is 0 Å². The maximum Gasteiger partial charge on any atom is 0.247 e. The Morgan fingerprint density at radius 2 is 1.74 bits per heavy atom. The number of amides is 2. The van der Waals surface area contributed by atoms with Gasteiger partial charge in [-0.3, -0.25) is 14.5 Å². The summed E-state index contributed by atoms with van der Waals surface area (Å²) in [5, 5.41) is 3.13. The second-order valence-electron chi connectivity index (χ2n) is 9.24. The topological polar surface area (TPSA) is 86.8 Å². The van der Waals surface area contributed by atoms with E-state index in [-0.39, 0.29) is 36.7 Å². The number of sulfonamides is 1. The number of nitrogens with one attached hydrogen (secondary N) is 1. The van der Waals surface area contributed by atoms with Gasteiger partial charge in [-0.25, -0.2) is 8.42 Å². The van der Waals surface area contributed by atoms with Crippen LogP contribution in [0.3, 0.4) is 0 Å². The monoisotopic (exact) mass is 449 g/mol. The lowest BCUT2D eigenvalue weighted by molar-refractivity contribution is -0.133. The second-order valence-corrected chi connectivity index (χ2v) is 11.3. The third kappa shape index (κ3) is 5.12. The minimum absolute atomic E-state index is 0.0375. The molecule has 1 aliphatic heterocycles. The van der Waals surface area contributed by atoms with Crippen molar-refractivity contribution in [3.05, 3.63) is 29.3 Å². The molecule has 0 unspecified atom stereocenters. The van der Waals surface area contributed by atoms with Gasteiger partial charge in [-0.1, -0.05) is 32.3 Å². The summed E-state index contributed by atoms with van der Waals surface area (Å²) >= 11 is 0. The Hall–Kier alpha value is -1.93. The smallest absolute Gasteiger partial charge is 0.247 e. The van der Waals surface area contributed by atoms with Crippen molar-refractivity contribution in [3.63, 3.8) is 0 Å². The molecule has 172 valence electrons. The molecular weight excluding hydrogens is 414 g/mol. The first kappa shape index (κ1) is 23.7. The van der Waals surface area contributed by atoms with Crippen molar-refractivity contribution >= 4 is 27.5 Å². The standard InChI is InChI=1S/C23H35N3O4S/c1-5-11-31(29,30)25-15-21(27)26(20-13-17(2)12-18(3)14-20)23(4,16-25)22(28)24-19-9-7-6-8-10-19/h12-14,19H,5-11,15-16H2,1-4H3,(H,24,28)/t23-/m0/s1. The Labute approximate surface area is 186 Å². The molecule has 0 bridgehead atoms. The molecule has 0 radical (unpaired) electrons. The third-order valence-electron chi connectivity index (χ3n) is 6.29. The summed E-state index contributed by atoms with van der Waals surface area (Å²) in [7, 11) is -3.62. The fraction of sp³-hybridized carbons (Fsp3) is 0.652. The van der Waals surface area contributed by atoms with Gasteiger partial charge in [0.1, 0.15) is 5.54 Å². The minimum Gasteiger partial charge on any atom is -0.351 e. The lowest BCUT2D eigenvalue weighted by Crippen LogP contribution is -2.71. The van der Waals surface area contributed by atoms with E-state index in [2.05, 4.69) is 5.32 Å². The maximum atomic E-state index is 13.6. The van der Waals surface area contributed by atoms with Crippen molar-refractivity contribution in [1.29, 1.82) is 0 Å². The first-order valence-electron chi connectivity index (χ1n) is 11.3. The number of carbonyl (C=O) groups is 2. The van der Waals surface area contributed by atoms with E-state index >= 15 is 0 Å². The fourth-order valence-corrected chi connectivity index (χ4v) is 6.35. The summed E-state index contributed by atoms with van der Waals surface area (Å²) in [5.74, 6) is -0.704. The van der Waals surface area contributed by atoms with Gasteiger partial charge in [-0.15, -0.1) is 0 Å². The lowest BCUT2D eigenvalue weighted by Gasteiger charge is -2.47. The van der Waals surface area contributed by atoms with Crippen molar-refractivity contribution in [2.24, 2.45) is 0 Å². The molecule has 1 aliphatic carbocycles. The van der Waals surface area contributed by atoms with Crippen molar-refractivity contribution in [3.8, 4) is 0 Å². The Balaban J connectivity index is 2.01. The molecular formula is C23H35N3O4S. The predicted molar refractivity (Wildman–Crippen MR) is 122 cm³/mol. The molecule has 1 aromatic carbocycles.